The van der Waals surface area contributed by atoms with Gasteiger partial charge in [-0.3, -0.25) is 0 Å². The van der Waals surface area contributed by atoms with Crippen LogP contribution in [-0.2, 0) is 9.53 Å². The first kappa shape index (κ1) is 9.99. The third kappa shape index (κ3) is 3.42. The maximum Gasteiger partial charge on any atom is 0.330 e. The lowest BCUT2D eigenvalue weighted by Crippen LogP contribution is -1.98. The van der Waals surface area contributed by atoms with E-state index in [0.29, 0.717) is 6.61 Å². The van der Waals surface area contributed by atoms with Crippen LogP contribution < -0.4 is 0 Å². The summed E-state index contributed by atoms with van der Waals surface area (Å²) >= 11 is 1.65. The molecule has 13 heavy (non-hydrogen) atoms. The van der Waals surface area contributed by atoms with Crippen LogP contribution in [-0.4, -0.2) is 12.6 Å². The van der Waals surface area contributed by atoms with Crippen molar-refractivity contribution in [1.82, 2.24) is 0 Å². The fourth-order valence-electron chi connectivity index (χ4n) is 0.884. The van der Waals surface area contributed by atoms with Gasteiger partial charge in [-0.05, 0) is 32.1 Å². The molecule has 3 heteroatoms. The van der Waals surface area contributed by atoms with Crippen molar-refractivity contribution >= 4 is 23.4 Å². The molecule has 0 saturated carbocycles. The van der Waals surface area contributed by atoms with E-state index >= 15 is 0 Å². The Morgan fingerprint density at radius 3 is 2.92 bits per heavy atom. The largest absolute Gasteiger partial charge is 0.463 e. The highest BCUT2D eigenvalue weighted by molar-refractivity contribution is 7.12. The summed E-state index contributed by atoms with van der Waals surface area (Å²) < 4.78 is 4.75. The predicted octanol–water partition coefficient (Wildman–Crippen LogP) is 2.63. The lowest BCUT2D eigenvalue weighted by atomic mass is 10.4. The van der Waals surface area contributed by atoms with Gasteiger partial charge in [-0.25, -0.2) is 4.79 Å². The standard InChI is InChI=1S/C10H12O2S/c1-3-12-10(11)7-6-9-5-4-8(2)13-9/h4-7H,3H2,1-2H3/b7-6+. The highest BCUT2D eigenvalue weighted by atomic mass is 32.1. The van der Waals surface area contributed by atoms with Crippen molar-refractivity contribution < 1.29 is 9.53 Å². The van der Waals surface area contributed by atoms with Gasteiger partial charge in [0.2, 0.25) is 0 Å². The van der Waals surface area contributed by atoms with Gasteiger partial charge in [-0.15, -0.1) is 11.3 Å². The molecule has 0 atom stereocenters. The van der Waals surface area contributed by atoms with E-state index < -0.39 is 0 Å². The number of esters is 1. The molecule has 70 valence electrons. The van der Waals surface area contributed by atoms with Gasteiger partial charge in [0.15, 0.2) is 0 Å². The zero-order chi connectivity index (χ0) is 9.68. The van der Waals surface area contributed by atoms with Gasteiger partial charge in [0.25, 0.3) is 0 Å². The Kier molecular flexibility index (Phi) is 3.71. The molecule has 0 radical (unpaired) electrons. The summed E-state index contributed by atoms with van der Waals surface area (Å²) in [6.45, 7) is 4.25. The molecular weight excluding hydrogens is 184 g/mol. The molecule has 0 aromatic carbocycles. The molecule has 1 aromatic heterocycles. The maximum absolute atomic E-state index is 10.9. The van der Waals surface area contributed by atoms with Gasteiger partial charge in [-0.1, -0.05) is 0 Å². The summed E-state index contributed by atoms with van der Waals surface area (Å²) in [4.78, 5) is 13.2. The Labute approximate surface area is 81.8 Å². The van der Waals surface area contributed by atoms with Gasteiger partial charge in [0, 0.05) is 15.8 Å². The molecule has 1 heterocycles. The normalized spacial score (nSPS) is 10.6. The second kappa shape index (κ2) is 4.82. The van der Waals surface area contributed by atoms with E-state index in [1.54, 1.807) is 24.3 Å². The van der Waals surface area contributed by atoms with Gasteiger partial charge >= 0.3 is 5.97 Å². The molecule has 0 aliphatic rings. The fraction of sp³-hybridized carbons (Fsp3) is 0.300. The molecule has 1 rings (SSSR count). The molecule has 0 aliphatic carbocycles. The molecule has 0 spiro atoms. The molecule has 0 N–H and O–H groups in total. The summed E-state index contributed by atoms with van der Waals surface area (Å²) in [7, 11) is 0. The van der Waals surface area contributed by atoms with Crippen molar-refractivity contribution in [3.05, 3.63) is 28.0 Å². The molecule has 0 fully saturated rings. The van der Waals surface area contributed by atoms with Crippen molar-refractivity contribution in [2.45, 2.75) is 13.8 Å². The molecule has 0 unspecified atom stereocenters. The van der Waals surface area contributed by atoms with Gasteiger partial charge < -0.3 is 4.74 Å². The first-order valence-corrected chi connectivity index (χ1v) is 4.95. The lowest BCUT2D eigenvalue weighted by Gasteiger charge is -1.93. The Bertz CT molecular complexity index is 312. The molecule has 0 bridgehead atoms. The number of ether oxygens (including phenoxy) is 1. The average Bonchev–Trinajstić information content (AvgIpc) is 2.49. The minimum absolute atomic E-state index is 0.284. The average molecular weight is 196 g/mol. The number of carbonyl (C=O) groups excluding carboxylic acids is 1. The zero-order valence-corrected chi connectivity index (χ0v) is 8.56. The van der Waals surface area contributed by atoms with E-state index in [-0.39, 0.29) is 5.97 Å². The van der Waals surface area contributed by atoms with Crippen LogP contribution in [0.1, 0.15) is 16.7 Å². The molecular formula is C10H12O2S. The van der Waals surface area contributed by atoms with Crippen LogP contribution in [0.5, 0.6) is 0 Å². The van der Waals surface area contributed by atoms with Crippen LogP contribution in [0, 0.1) is 6.92 Å². The van der Waals surface area contributed by atoms with E-state index in [2.05, 4.69) is 0 Å². The highest BCUT2D eigenvalue weighted by Gasteiger charge is 1.95. The van der Waals surface area contributed by atoms with Gasteiger partial charge in [-0.2, -0.15) is 0 Å². The van der Waals surface area contributed by atoms with Crippen molar-refractivity contribution in [3.63, 3.8) is 0 Å². The monoisotopic (exact) mass is 196 g/mol. The second-order valence-electron chi connectivity index (χ2n) is 2.53. The summed E-state index contributed by atoms with van der Waals surface area (Å²) in [5.74, 6) is -0.284. The number of hydrogen-bond acceptors (Lipinski definition) is 3. The van der Waals surface area contributed by atoms with Gasteiger partial charge in [0.05, 0.1) is 6.61 Å². The first-order chi connectivity index (χ1) is 6.22. The second-order valence-corrected chi connectivity index (χ2v) is 3.85. The molecule has 0 saturated heterocycles. The van der Waals surface area contributed by atoms with E-state index in [0.717, 1.165) is 4.88 Å². The molecule has 2 nitrogen and oxygen atoms in total. The smallest absolute Gasteiger partial charge is 0.330 e. The van der Waals surface area contributed by atoms with Crippen molar-refractivity contribution in [1.29, 1.82) is 0 Å². The summed E-state index contributed by atoms with van der Waals surface area (Å²) in [5, 5.41) is 0. The molecule has 0 amide bonds. The first-order valence-electron chi connectivity index (χ1n) is 4.13. The SMILES string of the molecule is CCOC(=O)/C=C/c1ccc(C)s1. The van der Waals surface area contributed by atoms with Gasteiger partial charge in [0.1, 0.15) is 0 Å². The number of carbonyl (C=O) groups is 1. The topological polar surface area (TPSA) is 26.3 Å². The lowest BCUT2D eigenvalue weighted by molar-refractivity contribution is -0.137. The minimum atomic E-state index is -0.284. The molecule has 1 aromatic rings. The quantitative estimate of drug-likeness (QED) is 0.548. The van der Waals surface area contributed by atoms with Crippen LogP contribution in [0.2, 0.25) is 0 Å². The van der Waals surface area contributed by atoms with E-state index in [1.165, 1.54) is 11.0 Å². The van der Waals surface area contributed by atoms with Crippen LogP contribution >= 0.6 is 11.3 Å². The van der Waals surface area contributed by atoms with Crippen LogP contribution in [0.15, 0.2) is 18.2 Å². The Morgan fingerprint density at radius 1 is 1.62 bits per heavy atom. The van der Waals surface area contributed by atoms with E-state index in [4.69, 9.17) is 4.74 Å². The van der Waals surface area contributed by atoms with E-state index in [1.807, 2.05) is 19.1 Å². The summed E-state index contributed by atoms with van der Waals surface area (Å²) in [6.07, 6.45) is 3.23. The van der Waals surface area contributed by atoms with Crippen molar-refractivity contribution in [2.75, 3.05) is 6.61 Å². The van der Waals surface area contributed by atoms with Crippen molar-refractivity contribution in [3.8, 4) is 0 Å². The van der Waals surface area contributed by atoms with Crippen molar-refractivity contribution in [2.24, 2.45) is 0 Å². The summed E-state index contributed by atoms with van der Waals surface area (Å²) in [6, 6.07) is 4.01. The Balaban J connectivity index is 2.53. The van der Waals surface area contributed by atoms with Crippen LogP contribution in [0.3, 0.4) is 0 Å². The zero-order valence-electron chi connectivity index (χ0n) is 7.74. The van der Waals surface area contributed by atoms with E-state index in [9.17, 15) is 4.79 Å². The number of rotatable bonds is 3. The van der Waals surface area contributed by atoms with Crippen LogP contribution in [0.25, 0.3) is 6.08 Å². The van der Waals surface area contributed by atoms with Crippen LogP contribution in [0.4, 0.5) is 0 Å². The predicted molar refractivity (Wildman–Crippen MR) is 54.7 cm³/mol. The Hall–Kier alpha value is -1.09. The highest BCUT2D eigenvalue weighted by Crippen LogP contribution is 2.16. The summed E-state index contributed by atoms with van der Waals surface area (Å²) in [5.41, 5.74) is 0. The number of thiophene rings is 1. The fourth-order valence-corrected chi connectivity index (χ4v) is 1.66. The number of aryl methyl sites for hydroxylation is 1. The Morgan fingerprint density at radius 2 is 2.38 bits per heavy atom. The number of hydrogen-bond donors (Lipinski definition) is 0. The minimum Gasteiger partial charge on any atom is -0.463 e. The molecule has 0 aliphatic heterocycles. The third-order valence-corrected chi connectivity index (χ3v) is 2.40. The maximum atomic E-state index is 10.9. The third-order valence-electron chi connectivity index (χ3n) is 1.43.